The van der Waals surface area contributed by atoms with Crippen LogP contribution in [0.25, 0.3) is 11.1 Å². The lowest BCUT2D eigenvalue weighted by Crippen LogP contribution is -2.16. The Morgan fingerprint density at radius 3 is 2.43 bits per heavy atom. The van der Waals surface area contributed by atoms with Crippen LogP contribution in [0.15, 0.2) is 52.7 Å². The van der Waals surface area contributed by atoms with Crippen molar-refractivity contribution in [1.29, 1.82) is 0 Å². The first-order valence-corrected chi connectivity index (χ1v) is 11.6. The van der Waals surface area contributed by atoms with Crippen molar-refractivity contribution in [3.63, 3.8) is 0 Å². The Balaban J connectivity index is 1.82. The lowest BCUT2D eigenvalue weighted by Gasteiger charge is -2.10. The van der Waals surface area contributed by atoms with Gasteiger partial charge in [0.25, 0.3) is 0 Å². The minimum Gasteiger partial charge on any atom is -0.462 e. The molecule has 0 atom stereocenters. The average Bonchev–Trinajstić information content (AvgIpc) is 3.13. The zero-order valence-electron chi connectivity index (χ0n) is 17.6. The number of thiophene rings is 1. The molecule has 30 heavy (non-hydrogen) atoms. The zero-order valence-corrected chi connectivity index (χ0v) is 19.2. The Bertz CT molecular complexity index is 1050. The molecule has 0 fully saturated rings. The molecule has 1 aromatic heterocycles. The Labute approximate surface area is 185 Å². The number of aryl methyl sites for hydroxylation is 3. The van der Waals surface area contributed by atoms with E-state index in [1.807, 2.05) is 55.6 Å². The van der Waals surface area contributed by atoms with Crippen molar-refractivity contribution < 1.29 is 14.3 Å². The van der Waals surface area contributed by atoms with E-state index in [0.717, 1.165) is 21.6 Å². The van der Waals surface area contributed by atoms with E-state index in [1.54, 1.807) is 6.92 Å². The highest BCUT2D eigenvalue weighted by molar-refractivity contribution is 8.00. The van der Waals surface area contributed by atoms with E-state index in [0.29, 0.717) is 10.6 Å². The van der Waals surface area contributed by atoms with E-state index in [-0.39, 0.29) is 18.3 Å². The number of ether oxygens (including phenoxy) is 1. The molecule has 1 heterocycles. The third-order valence-electron chi connectivity index (χ3n) is 4.73. The van der Waals surface area contributed by atoms with Crippen molar-refractivity contribution in [2.45, 2.75) is 32.6 Å². The lowest BCUT2D eigenvalue weighted by molar-refractivity contribution is -0.113. The monoisotopic (exact) mass is 439 g/mol. The fraction of sp³-hybridized carbons (Fsp3) is 0.250. The van der Waals surface area contributed by atoms with E-state index in [4.69, 9.17) is 4.74 Å². The second-order valence-electron chi connectivity index (χ2n) is 7.02. The summed E-state index contributed by atoms with van der Waals surface area (Å²) in [6, 6.07) is 14.1. The number of nitrogens with one attached hydrogen (secondary N) is 1. The van der Waals surface area contributed by atoms with Crippen LogP contribution in [0.3, 0.4) is 0 Å². The van der Waals surface area contributed by atoms with E-state index in [1.165, 1.54) is 34.2 Å². The lowest BCUT2D eigenvalue weighted by atomic mass is 9.99. The molecule has 0 unspecified atom stereocenters. The van der Waals surface area contributed by atoms with Crippen LogP contribution in [-0.2, 0) is 9.53 Å². The zero-order chi connectivity index (χ0) is 21.7. The van der Waals surface area contributed by atoms with Crippen LogP contribution in [0.1, 0.15) is 34.0 Å². The average molecular weight is 440 g/mol. The maximum atomic E-state index is 12.7. The summed E-state index contributed by atoms with van der Waals surface area (Å²) in [4.78, 5) is 26.3. The van der Waals surface area contributed by atoms with Gasteiger partial charge in [0.2, 0.25) is 5.91 Å². The second-order valence-corrected chi connectivity index (χ2v) is 8.95. The predicted octanol–water partition coefficient (Wildman–Crippen LogP) is 6.25. The van der Waals surface area contributed by atoms with Gasteiger partial charge in [-0.3, -0.25) is 4.79 Å². The Hall–Kier alpha value is -2.57. The SMILES string of the molecule is CCOC(=O)c1c(-c2ccc(C)c(C)c2)csc1NC(=O)CSc1ccc(C)cc1. The number of hydrogen-bond donors (Lipinski definition) is 1. The molecule has 3 aromatic rings. The molecule has 3 rings (SSSR count). The molecular formula is C24H25NO3S2. The van der Waals surface area contributed by atoms with Crippen LogP contribution in [0.5, 0.6) is 0 Å². The molecule has 0 saturated carbocycles. The predicted molar refractivity (Wildman–Crippen MR) is 126 cm³/mol. The van der Waals surface area contributed by atoms with Gasteiger partial charge in [-0.25, -0.2) is 4.79 Å². The van der Waals surface area contributed by atoms with Gasteiger partial charge in [-0.05, 0) is 56.5 Å². The first-order valence-electron chi connectivity index (χ1n) is 9.74. The molecule has 4 nitrogen and oxygen atoms in total. The Kier molecular flexibility index (Phi) is 7.34. The second kappa shape index (κ2) is 9.96. The van der Waals surface area contributed by atoms with E-state index < -0.39 is 5.97 Å². The smallest absolute Gasteiger partial charge is 0.341 e. The summed E-state index contributed by atoms with van der Waals surface area (Å²) in [5.74, 6) is -0.310. The van der Waals surface area contributed by atoms with Crippen LogP contribution >= 0.6 is 23.1 Å². The topological polar surface area (TPSA) is 55.4 Å². The highest BCUT2D eigenvalue weighted by atomic mass is 32.2. The summed E-state index contributed by atoms with van der Waals surface area (Å²) in [6.07, 6.45) is 0. The molecule has 2 aromatic carbocycles. The molecule has 0 bridgehead atoms. The third-order valence-corrected chi connectivity index (χ3v) is 6.64. The molecule has 156 valence electrons. The van der Waals surface area contributed by atoms with Crippen LogP contribution < -0.4 is 5.32 Å². The normalized spacial score (nSPS) is 10.7. The summed E-state index contributed by atoms with van der Waals surface area (Å²) < 4.78 is 5.28. The van der Waals surface area contributed by atoms with Crippen molar-refractivity contribution >= 4 is 40.0 Å². The Morgan fingerprint density at radius 1 is 1.03 bits per heavy atom. The number of carbonyl (C=O) groups is 2. The summed E-state index contributed by atoms with van der Waals surface area (Å²) in [5, 5.41) is 5.33. The fourth-order valence-electron chi connectivity index (χ4n) is 2.92. The fourth-order valence-corrected chi connectivity index (χ4v) is 4.60. The third kappa shape index (κ3) is 5.32. The number of carbonyl (C=O) groups excluding carboxylic acids is 2. The number of amides is 1. The van der Waals surface area contributed by atoms with Gasteiger partial charge in [-0.1, -0.05) is 35.9 Å². The van der Waals surface area contributed by atoms with E-state index in [2.05, 4.69) is 18.3 Å². The number of esters is 1. The quantitative estimate of drug-likeness (QED) is 0.349. The molecule has 0 saturated heterocycles. The minimum atomic E-state index is -0.423. The van der Waals surface area contributed by atoms with Crippen molar-refractivity contribution in [2.24, 2.45) is 0 Å². The van der Waals surface area contributed by atoms with E-state index in [9.17, 15) is 9.59 Å². The highest BCUT2D eigenvalue weighted by Gasteiger charge is 2.23. The number of hydrogen-bond acceptors (Lipinski definition) is 5. The number of rotatable bonds is 7. The number of anilines is 1. The maximum absolute atomic E-state index is 12.7. The molecular weight excluding hydrogens is 414 g/mol. The molecule has 1 N–H and O–H groups in total. The van der Waals surface area contributed by atoms with Gasteiger partial charge < -0.3 is 10.1 Å². The summed E-state index contributed by atoms with van der Waals surface area (Å²) >= 11 is 2.81. The Morgan fingerprint density at radius 2 is 1.77 bits per heavy atom. The first-order chi connectivity index (χ1) is 14.4. The molecule has 0 aliphatic rings. The number of thioether (sulfide) groups is 1. The number of benzene rings is 2. The van der Waals surface area contributed by atoms with Crippen LogP contribution in [-0.4, -0.2) is 24.2 Å². The standard InChI is InChI=1S/C24H25NO3S2/c1-5-28-24(27)22-20(18-9-8-16(3)17(4)12-18)13-30-23(22)25-21(26)14-29-19-10-6-15(2)7-11-19/h6-13H,5,14H2,1-4H3,(H,25,26). The van der Waals surface area contributed by atoms with Crippen LogP contribution in [0.4, 0.5) is 5.00 Å². The van der Waals surface area contributed by atoms with Gasteiger partial charge in [-0.2, -0.15) is 0 Å². The van der Waals surface area contributed by atoms with Crippen LogP contribution in [0.2, 0.25) is 0 Å². The van der Waals surface area contributed by atoms with Gasteiger partial charge in [-0.15, -0.1) is 23.1 Å². The molecule has 0 aliphatic heterocycles. The molecule has 1 amide bonds. The van der Waals surface area contributed by atoms with Crippen LogP contribution in [0, 0.1) is 20.8 Å². The van der Waals surface area contributed by atoms with Gasteiger partial charge >= 0.3 is 5.97 Å². The molecule has 0 spiro atoms. The highest BCUT2D eigenvalue weighted by Crippen LogP contribution is 2.37. The molecule has 0 aliphatic carbocycles. The largest absolute Gasteiger partial charge is 0.462 e. The molecule has 0 radical (unpaired) electrons. The van der Waals surface area contributed by atoms with Gasteiger partial charge in [0.15, 0.2) is 0 Å². The molecule has 6 heteroatoms. The van der Waals surface area contributed by atoms with Crippen molar-refractivity contribution in [2.75, 3.05) is 17.7 Å². The van der Waals surface area contributed by atoms with Crippen molar-refractivity contribution in [3.05, 3.63) is 70.1 Å². The summed E-state index contributed by atoms with van der Waals surface area (Å²) in [6.45, 7) is 8.17. The van der Waals surface area contributed by atoms with Crippen molar-refractivity contribution in [3.8, 4) is 11.1 Å². The van der Waals surface area contributed by atoms with Gasteiger partial charge in [0.1, 0.15) is 10.6 Å². The van der Waals surface area contributed by atoms with Gasteiger partial charge in [0, 0.05) is 15.8 Å². The van der Waals surface area contributed by atoms with Crippen molar-refractivity contribution in [1.82, 2.24) is 0 Å². The summed E-state index contributed by atoms with van der Waals surface area (Å²) in [7, 11) is 0. The first kappa shape index (κ1) is 22.1. The summed E-state index contributed by atoms with van der Waals surface area (Å²) in [5.41, 5.74) is 5.65. The van der Waals surface area contributed by atoms with Gasteiger partial charge in [0.05, 0.1) is 12.4 Å². The minimum absolute atomic E-state index is 0.153. The maximum Gasteiger partial charge on any atom is 0.341 e. The van der Waals surface area contributed by atoms with E-state index >= 15 is 0 Å².